The highest BCUT2D eigenvalue weighted by atomic mass is 35.5. The third kappa shape index (κ3) is 9.74. The van der Waals surface area contributed by atoms with E-state index < -0.39 is 22.1 Å². The number of likely N-dealkylation sites (tertiary alicyclic amines) is 1. The molecule has 0 unspecified atom stereocenters. The van der Waals surface area contributed by atoms with Gasteiger partial charge in [0.1, 0.15) is 0 Å². The predicted molar refractivity (Wildman–Crippen MR) is 196 cm³/mol. The Morgan fingerprint density at radius 2 is 1.57 bits per heavy atom. The van der Waals surface area contributed by atoms with Gasteiger partial charge in [0.05, 0.1) is 22.9 Å². The first-order chi connectivity index (χ1) is 24.3. The number of fused-ring (bicyclic) bond motifs is 1. The summed E-state index contributed by atoms with van der Waals surface area (Å²) in [6, 6.07) is 21.3. The van der Waals surface area contributed by atoms with Crippen molar-refractivity contribution >= 4 is 33.2 Å². The van der Waals surface area contributed by atoms with Gasteiger partial charge in [0.25, 0.3) is 0 Å². The highest BCUT2D eigenvalue weighted by molar-refractivity contribution is 7.88. The smallest absolute Gasteiger partial charge is 0.309 e. The van der Waals surface area contributed by atoms with Crippen LogP contribution in [0.25, 0.3) is 11.3 Å². The van der Waals surface area contributed by atoms with E-state index in [0.29, 0.717) is 73.4 Å². The van der Waals surface area contributed by atoms with Crippen molar-refractivity contribution < 1.29 is 21.6 Å². The minimum Gasteiger partial charge on any atom is -0.309 e. The molecule has 0 bridgehead atoms. The Kier molecular flexibility index (Phi) is 11.8. The van der Waals surface area contributed by atoms with Crippen LogP contribution in [0.3, 0.4) is 0 Å². The lowest BCUT2D eigenvalue weighted by atomic mass is 9.96. The molecule has 0 spiro atoms. The van der Waals surface area contributed by atoms with E-state index >= 15 is 0 Å². The molecular formula is C38H40Cl2F3N5O2S. The summed E-state index contributed by atoms with van der Waals surface area (Å²) in [6.07, 6.45) is -1.43. The van der Waals surface area contributed by atoms with Gasteiger partial charge < -0.3 is 10.2 Å². The Balaban J connectivity index is 1.15. The average Bonchev–Trinajstić information content (AvgIpc) is 3.46. The third-order valence-electron chi connectivity index (χ3n) is 9.57. The van der Waals surface area contributed by atoms with E-state index in [4.69, 9.17) is 28.3 Å². The molecule has 51 heavy (non-hydrogen) atoms. The van der Waals surface area contributed by atoms with E-state index in [2.05, 4.69) is 22.1 Å². The molecule has 2 aliphatic heterocycles. The van der Waals surface area contributed by atoms with Crippen molar-refractivity contribution in [3.8, 4) is 23.1 Å². The van der Waals surface area contributed by atoms with Crippen LogP contribution in [0.1, 0.15) is 52.8 Å². The Labute approximate surface area is 307 Å². The molecule has 270 valence electrons. The summed E-state index contributed by atoms with van der Waals surface area (Å²) in [4.78, 5) is 2.09. The maximum absolute atomic E-state index is 13.1. The van der Waals surface area contributed by atoms with E-state index in [9.17, 15) is 21.6 Å². The summed E-state index contributed by atoms with van der Waals surface area (Å²) in [5.41, 5.74) is 7.04. The molecular weight excluding hydrogens is 718 g/mol. The first-order valence-electron chi connectivity index (χ1n) is 17.0. The van der Waals surface area contributed by atoms with Crippen LogP contribution >= 0.6 is 23.2 Å². The van der Waals surface area contributed by atoms with E-state index in [1.54, 1.807) is 6.07 Å². The van der Waals surface area contributed by atoms with Crippen LogP contribution < -0.4 is 5.32 Å². The van der Waals surface area contributed by atoms with E-state index in [1.165, 1.54) is 10.6 Å². The van der Waals surface area contributed by atoms with Gasteiger partial charge in [-0.05, 0) is 86.4 Å². The van der Waals surface area contributed by atoms with E-state index in [-0.39, 0.29) is 19.4 Å². The van der Waals surface area contributed by atoms with Crippen LogP contribution in [-0.4, -0.2) is 66.0 Å². The predicted octanol–water partition coefficient (Wildman–Crippen LogP) is 7.53. The maximum atomic E-state index is 13.1. The molecule has 13 heteroatoms. The lowest BCUT2D eigenvalue weighted by Gasteiger charge is -2.32. The van der Waals surface area contributed by atoms with Crippen LogP contribution in [0, 0.1) is 17.8 Å². The zero-order valence-electron chi connectivity index (χ0n) is 28.3. The van der Waals surface area contributed by atoms with Crippen molar-refractivity contribution in [2.45, 2.75) is 58.0 Å². The lowest BCUT2D eigenvalue weighted by molar-refractivity contribution is -0.185. The monoisotopic (exact) mass is 757 g/mol. The lowest BCUT2D eigenvalue weighted by Crippen LogP contribution is -2.39. The fourth-order valence-electron chi connectivity index (χ4n) is 6.66. The molecule has 0 radical (unpaired) electrons. The number of nitrogens with zero attached hydrogens (tertiary/aromatic N) is 4. The van der Waals surface area contributed by atoms with Gasteiger partial charge in [0.2, 0.25) is 10.0 Å². The summed E-state index contributed by atoms with van der Waals surface area (Å²) in [5.74, 6) is 5.20. The van der Waals surface area contributed by atoms with Crippen molar-refractivity contribution in [3.63, 3.8) is 0 Å². The zero-order chi connectivity index (χ0) is 36.2. The Bertz CT molecular complexity index is 2000. The number of piperidine rings is 1. The molecule has 0 saturated carbocycles. The minimum atomic E-state index is -4.13. The molecule has 0 atom stereocenters. The molecule has 0 aliphatic carbocycles. The summed E-state index contributed by atoms with van der Waals surface area (Å²) in [5, 5.41) is 9.62. The van der Waals surface area contributed by atoms with Crippen LogP contribution in [-0.2, 0) is 42.6 Å². The van der Waals surface area contributed by atoms with Crippen LogP contribution in [0.2, 0.25) is 10.0 Å². The first-order valence-corrected chi connectivity index (χ1v) is 19.6. The summed E-state index contributed by atoms with van der Waals surface area (Å²) in [6.45, 7) is 4.11. The fraction of sp³-hybridized carbons (Fsp3) is 0.395. The van der Waals surface area contributed by atoms with E-state index in [1.807, 2.05) is 65.3 Å². The zero-order valence-corrected chi connectivity index (χ0v) is 30.6. The Morgan fingerprint density at radius 1 is 0.902 bits per heavy atom. The normalized spacial score (nSPS) is 16.1. The second kappa shape index (κ2) is 16.1. The molecule has 1 N–H and O–H groups in total. The van der Waals surface area contributed by atoms with Crippen LogP contribution in [0.5, 0.6) is 0 Å². The molecule has 3 heterocycles. The Morgan fingerprint density at radius 3 is 2.22 bits per heavy atom. The number of alkyl halides is 3. The van der Waals surface area contributed by atoms with Crippen molar-refractivity contribution in [1.29, 1.82) is 0 Å². The molecule has 6 rings (SSSR count). The highest BCUT2D eigenvalue weighted by Gasteiger charge is 2.41. The van der Waals surface area contributed by atoms with Crippen molar-refractivity contribution in [2.24, 2.45) is 5.92 Å². The molecule has 0 amide bonds. The number of hydrogen-bond acceptors (Lipinski definition) is 5. The number of halogens is 5. The molecule has 7 nitrogen and oxygen atoms in total. The fourth-order valence-corrected chi connectivity index (χ4v) is 7.74. The number of aromatic nitrogens is 2. The second-order valence-corrected chi connectivity index (χ2v) is 16.1. The van der Waals surface area contributed by atoms with Gasteiger partial charge in [0.15, 0.2) is 0 Å². The largest absolute Gasteiger partial charge is 0.391 e. The van der Waals surface area contributed by atoms with Gasteiger partial charge in [-0.15, -0.1) is 0 Å². The van der Waals surface area contributed by atoms with Gasteiger partial charge in [-0.2, -0.15) is 22.6 Å². The van der Waals surface area contributed by atoms with Crippen molar-refractivity contribution in [1.82, 2.24) is 24.3 Å². The van der Waals surface area contributed by atoms with Crippen molar-refractivity contribution in [3.05, 3.63) is 110 Å². The molecule has 4 aromatic rings. The number of benzene rings is 3. The molecule has 2 aliphatic rings. The summed E-state index contributed by atoms with van der Waals surface area (Å²) < 4.78 is 67.8. The third-order valence-corrected chi connectivity index (χ3v) is 11.4. The summed E-state index contributed by atoms with van der Waals surface area (Å²) in [7, 11) is -3.42. The number of nitrogens with one attached hydrogen (secondary N) is 1. The average molecular weight is 759 g/mol. The first kappa shape index (κ1) is 37.4. The van der Waals surface area contributed by atoms with Gasteiger partial charge in [-0.25, -0.2) is 8.42 Å². The summed E-state index contributed by atoms with van der Waals surface area (Å²) >= 11 is 12.6. The molecule has 1 saturated heterocycles. The number of rotatable bonds is 10. The SMILES string of the molecule is CS(=O)(=O)N1CCc2c(c(-c3ccc(Cl)c(C#Cc4ccc(CNCc5ccc(Cl)cc5)cc4)c3)nn2CCCN2CCC(C(F)(F)F)CC2)C1. The van der Waals surface area contributed by atoms with Gasteiger partial charge >= 0.3 is 6.18 Å². The number of sulfonamides is 1. The minimum absolute atomic E-state index is 0.128. The molecule has 1 aromatic heterocycles. The van der Waals surface area contributed by atoms with Gasteiger partial charge in [0, 0.05) is 72.1 Å². The molecule has 1 fully saturated rings. The Hall–Kier alpha value is -3.37. The maximum Gasteiger partial charge on any atom is 0.391 e. The highest BCUT2D eigenvalue weighted by Crippen LogP contribution is 2.35. The standard InChI is InChI=1S/C38H40Cl2F3N5O2S/c1-51(49,50)47-22-17-36-34(26-47)37(45-48(36)19-2-18-46-20-15-32(16-21-46)38(41,42)43)31-11-14-35(40)30(23-31)10-7-27-3-5-28(6-4-27)24-44-25-29-8-12-33(39)13-9-29/h3-6,8-9,11-14,23,32,44H,2,15-22,24-26H2,1H3. The van der Waals surface area contributed by atoms with Crippen molar-refractivity contribution in [2.75, 3.05) is 32.4 Å². The van der Waals surface area contributed by atoms with Crippen LogP contribution in [0.15, 0.2) is 66.7 Å². The van der Waals surface area contributed by atoms with E-state index in [0.717, 1.165) is 40.1 Å². The topological polar surface area (TPSA) is 70.5 Å². The quantitative estimate of drug-likeness (QED) is 0.170. The second-order valence-electron chi connectivity index (χ2n) is 13.2. The number of hydrogen-bond donors (Lipinski definition) is 1. The van der Waals surface area contributed by atoms with Crippen LogP contribution in [0.4, 0.5) is 13.2 Å². The van der Waals surface area contributed by atoms with Gasteiger partial charge in [-0.1, -0.05) is 65.4 Å². The number of aryl methyl sites for hydroxylation is 1. The molecule has 3 aromatic carbocycles. The van der Waals surface area contributed by atoms with Gasteiger partial charge in [-0.3, -0.25) is 4.68 Å².